The Morgan fingerprint density at radius 2 is 2.28 bits per heavy atom. The van der Waals surface area contributed by atoms with Crippen LogP contribution >= 0.6 is 11.3 Å². The highest BCUT2D eigenvalue weighted by Crippen LogP contribution is 2.38. The van der Waals surface area contributed by atoms with Gasteiger partial charge in [0.25, 0.3) is 0 Å². The molecule has 1 aliphatic carbocycles. The maximum atomic E-state index is 13.8. The normalized spacial score (nSPS) is 18.7. The number of aryl methyl sites for hydroxylation is 2. The second kappa shape index (κ2) is 4.44. The third-order valence-corrected chi connectivity index (χ3v) is 4.51. The molecule has 0 spiro atoms. The number of hydrogen-bond acceptors (Lipinski definition) is 3. The van der Waals surface area contributed by atoms with Gasteiger partial charge in [0.1, 0.15) is 10.8 Å². The van der Waals surface area contributed by atoms with Gasteiger partial charge in [-0.3, -0.25) is 0 Å². The summed E-state index contributed by atoms with van der Waals surface area (Å²) in [5.74, 6) is -0.249. The molecule has 1 aliphatic rings. The van der Waals surface area contributed by atoms with E-state index in [2.05, 4.69) is 4.98 Å². The summed E-state index contributed by atoms with van der Waals surface area (Å²) in [6.07, 6.45) is 2.20. The van der Waals surface area contributed by atoms with Crippen molar-refractivity contribution in [1.82, 2.24) is 4.98 Å². The topological polar surface area (TPSA) is 33.1 Å². The predicted molar refractivity (Wildman–Crippen MR) is 70.1 cm³/mol. The third kappa shape index (κ3) is 1.95. The molecular weight excluding hydrogens is 249 g/mol. The molecule has 0 saturated heterocycles. The molecule has 2 nitrogen and oxygen atoms in total. The van der Waals surface area contributed by atoms with Gasteiger partial charge in [0.2, 0.25) is 0 Å². The smallest absolute Gasteiger partial charge is 0.133 e. The van der Waals surface area contributed by atoms with Crippen LogP contribution in [0.25, 0.3) is 10.6 Å². The van der Waals surface area contributed by atoms with Gasteiger partial charge in [-0.15, -0.1) is 11.3 Å². The average molecular weight is 263 g/mol. The highest BCUT2D eigenvalue weighted by molar-refractivity contribution is 7.15. The van der Waals surface area contributed by atoms with E-state index in [0.29, 0.717) is 10.6 Å². The quantitative estimate of drug-likeness (QED) is 0.852. The van der Waals surface area contributed by atoms with Gasteiger partial charge in [-0.1, -0.05) is 11.6 Å². The molecular formula is C14H14FNOS. The van der Waals surface area contributed by atoms with Crippen molar-refractivity contribution in [2.24, 2.45) is 0 Å². The molecule has 1 heterocycles. The van der Waals surface area contributed by atoms with Crippen LogP contribution in [0.4, 0.5) is 4.39 Å². The van der Waals surface area contributed by atoms with Gasteiger partial charge in [0.05, 0.1) is 16.7 Å². The second-order valence-corrected chi connectivity index (χ2v) is 5.75. The molecule has 2 aromatic rings. The van der Waals surface area contributed by atoms with E-state index < -0.39 is 6.10 Å². The number of aromatic nitrogens is 1. The predicted octanol–water partition coefficient (Wildman–Crippen LogP) is 3.63. The lowest BCUT2D eigenvalue weighted by Crippen LogP contribution is -2.06. The number of aliphatic hydroxyl groups excluding tert-OH is 1. The molecule has 1 atom stereocenters. The number of benzene rings is 1. The molecule has 1 aromatic carbocycles. The van der Waals surface area contributed by atoms with Gasteiger partial charge in [-0.05, 0) is 38.3 Å². The summed E-state index contributed by atoms with van der Waals surface area (Å²) >= 11 is 1.42. The van der Waals surface area contributed by atoms with Gasteiger partial charge in [0, 0.05) is 5.56 Å². The minimum absolute atomic E-state index is 0.249. The first-order valence-corrected chi connectivity index (χ1v) is 6.91. The minimum atomic E-state index is -0.423. The van der Waals surface area contributed by atoms with E-state index in [0.717, 1.165) is 35.4 Å². The lowest BCUT2D eigenvalue weighted by Gasteiger charge is -2.14. The standard InChI is InChI=1S/C14H14FNOS/c1-8-5-6-10(15)9(7-8)14-16-11-3-2-4-12(17)13(11)18-14/h5-7,12,17H,2-4H2,1H3. The Kier molecular flexibility index (Phi) is 2.92. The molecule has 0 fully saturated rings. The van der Waals surface area contributed by atoms with Crippen LogP contribution in [-0.2, 0) is 6.42 Å². The largest absolute Gasteiger partial charge is 0.388 e. The van der Waals surface area contributed by atoms with Gasteiger partial charge in [-0.2, -0.15) is 0 Å². The molecule has 3 rings (SSSR count). The Morgan fingerprint density at radius 1 is 1.44 bits per heavy atom. The van der Waals surface area contributed by atoms with E-state index in [-0.39, 0.29) is 5.82 Å². The molecule has 0 bridgehead atoms. The van der Waals surface area contributed by atoms with Gasteiger partial charge >= 0.3 is 0 Å². The number of aliphatic hydroxyl groups is 1. The monoisotopic (exact) mass is 263 g/mol. The van der Waals surface area contributed by atoms with Crippen LogP contribution in [-0.4, -0.2) is 10.1 Å². The zero-order valence-electron chi connectivity index (χ0n) is 10.1. The van der Waals surface area contributed by atoms with Crippen molar-refractivity contribution < 1.29 is 9.50 Å². The SMILES string of the molecule is Cc1ccc(F)c(-c2nc3c(s2)C(O)CCC3)c1. The Labute approximate surface area is 109 Å². The minimum Gasteiger partial charge on any atom is -0.388 e. The van der Waals surface area contributed by atoms with Crippen molar-refractivity contribution in [3.05, 3.63) is 40.2 Å². The lowest BCUT2D eigenvalue weighted by molar-refractivity contribution is 0.160. The zero-order chi connectivity index (χ0) is 12.7. The highest BCUT2D eigenvalue weighted by Gasteiger charge is 2.23. The van der Waals surface area contributed by atoms with E-state index in [4.69, 9.17) is 0 Å². The molecule has 1 aromatic heterocycles. The summed E-state index contributed by atoms with van der Waals surface area (Å²) in [6, 6.07) is 5.04. The number of halogens is 1. The van der Waals surface area contributed by atoms with Crippen molar-refractivity contribution in [1.29, 1.82) is 0 Å². The van der Waals surface area contributed by atoms with Crippen molar-refractivity contribution in [3.63, 3.8) is 0 Å². The summed E-state index contributed by atoms with van der Waals surface area (Å²) in [6.45, 7) is 1.94. The van der Waals surface area contributed by atoms with Crippen LogP contribution in [0.3, 0.4) is 0 Å². The van der Waals surface area contributed by atoms with Gasteiger partial charge in [0.15, 0.2) is 0 Å². The fourth-order valence-corrected chi connectivity index (χ4v) is 3.47. The van der Waals surface area contributed by atoms with E-state index in [1.165, 1.54) is 17.4 Å². The number of thiazole rings is 1. The molecule has 18 heavy (non-hydrogen) atoms. The van der Waals surface area contributed by atoms with Gasteiger partial charge < -0.3 is 5.11 Å². The van der Waals surface area contributed by atoms with Crippen LogP contribution in [0, 0.1) is 12.7 Å². The number of rotatable bonds is 1. The van der Waals surface area contributed by atoms with E-state index in [1.807, 2.05) is 13.0 Å². The van der Waals surface area contributed by atoms with E-state index in [9.17, 15) is 9.50 Å². The number of fused-ring (bicyclic) bond motifs is 1. The summed E-state index contributed by atoms with van der Waals surface area (Å²) in [7, 11) is 0. The van der Waals surface area contributed by atoms with E-state index in [1.54, 1.807) is 6.07 Å². The first-order chi connectivity index (χ1) is 8.65. The first-order valence-electron chi connectivity index (χ1n) is 6.09. The van der Waals surface area contributed by atoms with E-state index >= 15 is 0 Å². The second-order valence-electron chi connectivity index (χ2n) is 4.72. The summed E-state index contributed by atoms with van der Waals surface area (Å²) in [5.41, 5.74) is 2.50. The summed E-state index contributed by atoms with van der Waals surface area (Å²) in [4.78, 5) is 5.41. The summed E-state index contributed by atoms with van der Waals surface area (Å²) in [5, 5.41) is 10.6. The molecule has 1 unspecified atom stereocenters. The van der Waals surface area contributed by atoms with Crippen molar-refractivity contribution in [2.45, 2.75) is 32.3 Å². The molecule has 0 radical (unpaired) electrons. The van der Waals surface area contributed by atoms with Crippen LogP contribution < -0.4 is 0 Å². The Hall–Kier alpha value is -1.26. The summed E-state index contributed by atoms with van der Waals surface area (Å²) < 4.78 is 13.8. The Balaban J connectivity index is 2.10. The lowest BCUT2D eigenvalue weighted by atomic mass is 10.0. The fraction of sp³-hybridized carbons (Fsp3) is 0.357. The van der Waals surface area contributed by atoms with Crippen LogP contribution in [0.2, 0.25) is 0 Å². The number of hydrogen-bond donors (Lipinski definition) is 1. The molecule has 1 N–H and O–H groups in total. The van der Waals surface area contributed by atoms with Crippen LogP contribution in [0.15, 0.2) is 18.2 Å². The molecule has 4 heteroatoms. The van der Waals surface area contributed by atoms with Crippen molar-refractivity contribution in [2.75, 3.05) is 0 Å². The van der Waals surface area contributed by atoms with Crippen molar-refractivity contribution >= 4 is 11.3 Å². The molecule has 0 amide bonds. The average Bonchev–Trinajstić information content (AvgIpc) is 2.77. The van der Waals surface area contributed by atoms with Crippen LogP contribution in [0.5, 0.6) is 0 Å². The first kappa shape index (κ1) is 11.8. The Bertz CT molecular complexity index is 593. The molecule has 94 valence electrons. The third-order valence-electron chi connectivity index (χ3n) is 3.27. The maximum absolute atomic E-state index is 13.8. The molecule has 0 aliphatic heterocycles. The van der Waals surface area contributed by atoms with Gasteiger partial charge in [-0.25, -0.2) is 9.37 Å². The molecule has 0 saturated carbocycles. The zero-order valence-corrected chi connectivity index (χ0v) is 10.9. The Morgan fingerprint density at radius 3 is 3.06 bits per heavy atom. The van der Waals surface area contributed by atoms with Crippen molar-refractivity contribution in [3.8, 4) is 10.6 Å². The highest BCUT2D eigenvalue weighted by atomic mass is 32.1. The fourth-order valence-electron chi connectivity index (χ4n) is 2.32. The van der Waals surface area contributed by atoms with Crippen LogP contribution in [0.1, 0.15) is 35.1 Å². The maximum Gasteiger partial charge on any atom is 0.133 e. The number of nitrogens with zero attached hydrogens (tertiary/aromatic N) is 1.